The Hall–Kier alpha value is -1.53. The average Bonchev–Trinajstić information content (AvgIpc) is 3.42. The fourth-order valence-electron chi connectivity index (χ4n) is 7.86. The second-order valence-electron chi connectivity index (χ2n) is 12.8. The van der Waals surface area contributed by atoms with Gasteiger partial charge in [-0.2, -0.15) is 35.1 Å². The van der Waals surface area contributed by atoms with Gasteiger partial charge in [0.1, 0.15) is 25.0 Å². The van der Waals surface area contributed by atoms with Gasteiger partial charge in [0.2, 0.25) is 0 Å². The smallest absolute Gasteiger partial charge is 0.326 e. The molecule has 4 saturated heterocycles. The topological polar surface area (TPSA) is 90.9 Å². The minimum atomic E-state index is -4.53. The predicted molar refractivity (Wildman–Crippen MR) is 141 cm³/mol. The SMILES string of the molecule is CC1CCNC(OC(F)F)C1C1NCC2C(N1)N(CC1CCC(C3NC(C(F)(F)F)CN3C)CC1)C(=N)N2CC(F)(F)F. The zero-order valence-corrected chi connectivity index (χ0v) is 24.2. The van der Waals surface area contributed by atoms with E-state index in [9.17, 15) is 35.1 Å². The molecule has 0 amide bonds. The number of fused-ring (bicyclic) bond motifs is 1. The van der Waals surface area contributed by atoms with Crippen LogP contribution >= 0.6 is 0 Å². The van der Waals surface area contributed by atoms with Gasteiger partial charge in [-0.3, -0.25) is 31.6 Å². The summed E-state index contributed by atoms with van der Waals surface area (Å²) < 4.78 is 112. The molecule has 5 fully saturated rings. The summed E-state index contributed by atoms with van der Waals surface area (Å²) in [5.41, 5.74) is 0. The molecule has 8 atom stereocenters. The summed E-state index contributed by atoms with van der Waals surface area (Å²) >= 11 is 0. The van der Waals surface area contributed by atoms with E-state index in [2.05, 4.69) is 21.3 Å². The van der Waals surface area contributed by atoms with Crippen LogP contribution in [0.2, 0.25) is 0 Å². The quantitative estimate of drug-likeness (QED) is 0.274. The van der Waals surface area contributed by atoms with Crippen LogP contribution in [-0.4, -0.2) is 116 Å². The van der Waals surface area contributed by atoms with Crippen LogP contribution in [-0.2, 0) is 4.74 Å². The number of piperidine rings is 1. The van der Waals surface area contributed by atoms with Gasteiger partial charge >= 0.3 is 19.0 Å². The summed E-state index contributed by atoms with van der Waals surface area (Å²) in [6, 6.07) is -2.28. The lowest BCUT2D eigenvalue weighted by Crippen LogP contribution is -2.70. The van der Waals surface area contributed by atoms with Gasteiger partial charge in [0, 0.05) is 25.6 Å². The first-order valence-electron chi connectivity index (χ1n) is 15.0. The van der Waals surface area contributed by atoms with Crippen molar-refractivity contribution in [1.29, 1.82) is 5.41 Å². The fourth-order valence-corrected chi connectivity index (χ4v) is 7.86. The highest BCUT2D eigenvalue weighted by atomic mass is 19.4. The molecule has 0 bridgehead atoms. The molecule has 43 heavy (non-hydrogen) atoms. The third-order valence-electron chi connectivity index (χ3n) is 9.98. The Morgan fingerprint density at radius 3 is 2.26 bits per heavy atom. The van der Waals surface area contributed by atoms with Gasteiger partial charge in [-0.05, 0) is 63.5 Å². The van der Waals surface area contributed by atoms with E-state index in [0.717, 1.165) is 4.90 Å². The highest BCUT2D eigenvalue weighted by Gasteiger charge is 2.53. The molecule has 5 N–H and O–H groups in total. The lowest BCUT2D eigenvalue weighted by molar-refractivity contribution is -0.202. The summed E-state index contributed by atoms with van der Waals surface area (Å²) in [5, 5.41) is 21.0. The van der Waals surface area contributed by atoms with E-state index in [0.29, 0.717) is 45.2 Å². The number of likely N-dealkylation sites (N-methyl/N-ethyl adjacent to an activating group) is 1. The molecule has 248 valence electrons. The molecule has 9 nitrogen and oxygen atoms in total. The second-order valence-corrected chi connectivity index (χ2v) is 12.8. The van der Waals surface area contributed by atoms with E-state index in [4.69, 9.17) is 10.1 Å². The van der Waals surface area contributed by atoms with E-state index < -0.39 is 68.2 Å². The Morgan fingerprint density at radius 1 is 0.953 bits per heavy atom. The van der Waals surface area contributed by atoms with Crippen LogP contribution in [0.1, 0.15) is 39.0 Å². The average molecular weight is 635 g/mol. The minimum absolute atomic E-state index is 0.00884. The number of nitrogens with zero attached hydrogens (tertiary/aromatic N) is 3. The number of guanidine groups is 1. The molecular weight excluding hydrogens is 592 g/mol. The van der Waals surface area contributed by atoms with E-state index >= 15 is 0 Å². The summed E-state index contributed by atoms with van der Waals surface area (Å²) in [4.78, 5) is 4.39. The summed E-state index contributed by atoms with van der Waals surface area (Å²) in [7, 11) is 1.68. The van der Waals surface area contributed by atoms with Crippen molar-refractivity contribution in [3.8, 4) is 0 Å². The molecule has 4 heterocycles. The second kappa shape index (κ2) is 12.7. The number of alkyl halides is 8. The molecule has 0 radical (unpaired) electrons. The van der Waals surface area contributed by atoms with E-state index in [-0.39, 0.29) is 36.8 Å². The van der Waals surface area contributed by atoms with E-state index in [1.165, 1.54) is 0 Å². The molecule has 8 unspecified atom stereocenters. The Labute approximate surface area is 245 Å². The van der Waals surface area contributed by atoms with Crippen molar-refractivity contribution in [2.45, 2.75) is 94.8 Å². The molecule has 0 aromatic carbocycles. The number of ether oxygens (including phenoxy) is 1. The first-order chi connectivity index (χ1) is 20.1. The van der Waals surface area contributed by atoms with Crippen LogP contribution < -0.4 is 21.3 Å². The zero-order valence-electron chi connectivity index (χ0n) is 24.2. The van der Waals surface area contributed by atoms with Gasteiger partial charge in [0.15, 0.2) is 5.96 Å². The monoisotopic (exact) mass is 634 g/mol. The third-order valence-corrected chi connectivity index (χ3v) is 9.98. The first kappa shape index (κ1) is 32.9. The maximum atomic E-state index is 13.6. The zero-order chi connectivity index (χ0) is 31.3. The minimum Gasteiger partial charge on any atom is -0.326 e. The van der Waals surface area contributed by atoms with Crippen LogP contribution in [0.25, 0.3) is 0 Å². The number of rotatable bonds is 7. The lowest BCUT2D eigenvalue weighted by Gasteiger charge is -2.47. The van der Waals surface area contributed by atoms with Crippen molar-refractivity contribution in [1.82, 2.24) is 36.0 Å². The molecule has 5 rings (SSSR count). The summed E-state index contributed by atoms with van der Waals surface area (Å²) in [5.74, 6) is -0.669. The standard InChI is InChI=1S/C26H42F8N8O/c1-13-7-8-36-22(43-23(27)28)18(13)19-37-9-16-21(39-19)41(24(35)42(16)12-25(29,30)31)10-14-3-5-15(6-4-14)20-38-17(11-40(20)2)26(32,33)34/h13-23,35-39H,3-12H2,1-2H3. The van der Waals surface area contributed by atoms with E-state index in [1.54, 1.807) is 16.8 Å². The Bertz CT molecular complexity index is 964. The highest BCUT2D eigenvalue weighted by molar-refractivity contribution is 5.80. The number of hydrogen-bond donors (Lipinski definition) is 5. The summed E-state index contributed by atoms with van der Waals surface area (Å²) in [6.45, 7) is -1.54. The van der Waals surface area contributed by atoms with Gasteiger partial charge in [0.05, 0.1) is 18.4 Å². The van der Waals surface area contributed by atoms with Gasteiger partial charge < -0.3 is 14.5 Å². The number of halogens is 8. The van der Waals surface area contributed by atoms with Crippen molar-refractivity contribution in [3.05, 3.63) is 0 Å². The molecule has 0 aromatic heterocycles. The predicted octanol–water partition coefficient (Wildman–Crippen LogP) is 2.72. The molecule has 17 heteroatoms. The maximum Gasteiger partial charge on any atom is 0.406 e. The molecule has 1 aliphatic carbocycles. The van der Waals surface area contributed by atoms with Crippen molar-refractivity contribution < 1.29 is 39.9 Å². The Kier molecular flexibility index (Phi) is 9.70. The molecule has 4 aliphatic heterocycles. The van der Waals surface area contributed by atoms with Crippen LogP contribution in [0.3, 0.4) is 0 Å². The molecule has 0 spiro atoms. The van der Waals surface area contributed by atoms with Crippen LogP contribution in [0, 0.1) is 29.1 Å². The highest BCUT2D eigenvalue weighted by Crippen LogP contribution is 2.38. The maximum absolute atomic E-state index is 13.6. The van der Waals surface area contributed by atoms with Crippen molar-refractivity contribution >= 4 is 5.96 Å². The van der Waals surface area contributed by atoms with Gasteiger partial charge in [-0.25, -0.2) is 0 Å². The fraction of sp³-hybridized carbons (Fsp3) is 0.962. The Morgan fingerprint density at radius 2 is 1.65 bits per heavy atom. The largest absolute Gasteiger partial charge is 0.406 e. The van der Waals surface area contributed by atoms with Crippen LogP contribution in [0.5, 0.6) is 0 Å². The lowest BCUT2D eigenvalue weighted by atomic mass is 9.80. The van der Waals surface area contributed by atoms with Gasteiger partial charge in [-0.1, -0.05) is 6.92 Å². The normalized spacial score (nSPS) is 40.0. The van der Waals surface area contributed by atoms with Gasteiger partial charge in [0.25, 0.3) is 0 Å². The van der Waals surface area contributed by atoms with Crippen LogP contribution in [0.15, 0.2) is 0 Å². The first-order valence-corrected chi connectivity index (χ1v) is 15.0. The molecular formula is C26H42F8N8O. The number of hydrogen-bond acceptors (Lipinski definition) is 7. The van der Waals surface area contributed by atoms with E-state index in [1.807, 2.05) is 6.92 Å². The van der Waals surface area contributed by atoms with Crippen molar-refractivity contribution in [2.24, 2.45) is 23.7 Å². The van der Waals surface area contributed by atoms with Crippen molar-refractivity contribution in [2.75, 3.05) is 39.8 Å². The van der Waals surface area contributed by atoms with Crippen molar-refractivity contribution in [3.63, 3.8) is 0 Å². The third kappa shape index (κ3) is 7.32. The molecule has 0 aromatic rings. The molecule has 1 saturated carbocycles. The Balaban J connectivity index is 1.27. The number of nitrogens with one attached hydrogen (secondary N) is 5. The molecule has 5 aliphatic rings. The van der Waals surface area contributed by atoms with Gasteiger partial charge in [-0.15, -0.1) is 0 Å². The van der Waals surface area contributed by atoms with Crippen LogP contribution in [0.4, 0.5) is 35.1 Å². The summed E-state index contributed by atoms with van der Waals surface area (Å²) in [6.07, 6.45) is -8.05.